The Bertz CT molecular complexity index is 334. The molecular formula is C15H25N. The second kappa shape index (κ2) is 5.49. The van der Waals surface area contributed by atoms with Gasteiger partial charge in [0, 0.05) is 0 Å². The highest BCUT2D eigenvalue weighted by atomic mass is 14.8. The summed E-state index contributed by atoms with van der Waals surface area (Å²) < 4.78 is 0. The minimum atomic E-state index is 0.258. The number of aryl methyl sites for hydroxylation is 2. The molecule has 0 saturated carbocycles. The van der Waals surface area contributed by atoms with Gasteiger partial charge < -0.3 is 5.32 Å². The van der Waals surface area contributed by atoms with E-state index in [-0.39, 0.29) is 5.41 Å². The van der Waals surface area contributed by atoms with Crippen molar-refractivity contribution in [2.75, 3.05) is 13.6 Å². The molecule has 1 aromatic carbocycles. The van der Waals surface area contributed by atoms with Gasteiger partial charge in [-0.05, 0) is 55.5 Å². The molecule has 0 atom stereocenters. The van der Waals surface area contributed by atoms with Crippen LogP contribution in [-0.2, 0) is 11.8 Å². The van der Waals surface area contributed by atoms with Crippen LogP contribution in [0.15, 0.2) is 18.2 Å². The molecule has 0 aromatic heterocycles. The van der Waals surface area contributed by atoms with E-state index in [1.807, 2.05) is 7.05 Å². The molecule has 0 saturated heterocycles. The summed E-state index contributed by atoms with van der Waals surface area (Å²) in [7, 11) is 2.01. The van der Waals surface area contributed by atoms with Gasteiger partial charge in [0.25, 0.3) is 0 Å². The third-order valence-corrected chi connectivity index (χ3v) is 3.08. The van der Waals surface area contributed by atoms with Gasteiger partial charge in [0.2, 0.25) is 0 Å². The fourth-order valence-corrected chi connectivity index (χ4v) is 1.90. The third-order valence-electron chi connectivity index (χ3n) is 3.08. The molecule has 0 aliphatic carbocycles. The van der Waals surface area contributed by atoms with Gasteiger partial charge >= 0.3 is 0 Å². The Balaban J connectivity index is 2.76. The van der Waals surface area contributed by atoms with Gasteiger partial charge in [0.1, 0.15) is 0 Å². The van der Waals surface area contributed by atoms with E-state index in [9.17, 15) is 0 Å². The molecule has 16 heavy (non-hydrogen) atoms. The molecule has 0 heterocycles. The van der Waals surface area contributed by atoms with Crippen molar-refractivity contribution in [3.05, 3.63) is 34.9 Å². The summed E-state index contributed by atoms with van der Waals surface area (Å²) in [4.78, 5) is 0. The molecule has 1 rings (SSSR count). The minimum Gasteiger partial charge on any atom is -0.320 e. The van der Waals surface area contributed by atoms with Crippen LogP contribution >= 0.6 is 0 Å². The first-order chi connectivity index (χ1) is 7.45. The molecule has 0 aliphatic heterocycles. The summed E-state index contributed by atoms with van der Waals surface area (Å²) in [5.41, 5.74) is 4.61. The van der Waals surface area contributed by atoms with E-state index < -0.39 is 0 Å². The maximum atomic E-state index is 3.19. The van der Waals surface area contributed by atoms with E-state index >= 15 is 0 Å². The topological polar surface area (TPSA) is 12.0 Å². The van der Waals surface area contributed by atoms with E-state index in [2.05, 4.69) is 51.2 Å². The Morgan fingerprint density at radius 1 is 1.19 bits per heavy atom. The molecule has 1 nitrogen and oxygen atoms in total. The van der Waals surface area contributed by atoms with Gasteiger partial charge in [0.05, 0.1) is 0 Å². The molecule has 90 valence electrons. The largest absolute Gasteiger partial charge is 0.320 e. The molecule has 0 radical (unpaired) electrons. The van der Waals surface area contributed by atoms with Gasteiger partial charge in [-0.15, -0.1) is 0 Å². The molecule has 0 spiro atoms. The van der Waals surface area contributed by atoms with Crippen molar-refractivity contribution in [2.45, 2.75) is 46.0 Å². The van der Waals surface area contributed by atoms with Crippen molar-refractivity contribution in [3.63, 3.8) is 0 Å². The van der Waals surface area contributed by atoms with Gasteiger partial charge in [-0.3, -0.25) is 0 Å². The Labute approximate surface area is 100 Å². The molecule has 0 amide bonds. The lowest BCUT2D eigenvalue weighted by Crippen LogP contribution is -2.12. The van der Waals surface area contributed by atoms with Crippen molar-refractivity contribution in [1.82, 2.24) is 5.32 Å². The fourth-order valence-electron chi connectivity index (χ4n) is 1.90. The van der Waals surface area contributed by atoms with Crippen LogP contribution < -0.4 is 5.32 Å². The molecular weight excluding hydrogens is 194 g/mol. The summed E-state index contributed by atoms with van der Waals surface area (Å²) in [6, 6.07) is 6.92. The van der Waals surface area contributed by atoms with Gasteiger partial charge in [-0.2, -0.15) is 0 Å². The molecule has 0 unspecified atom stereocenters. The van der Waals surface area contributed by atoms with Gasteiger partial charge in [0.15, 0.2) is 0 Å². The fraction of sp³-hybridized carbons (Fsp3) is 0.600. The van der Waals surface area contributed by atoms with Crippen LogP contribution in [-0.4, -0.2) is 13.6 Å². The van der Waals surface area contributed by atoms with E-state index in [0.29, 0.717) is 0 Å². The van der Waals surface area contributed by atoms with Crippen LogP contribution in [0, 0.1) is 6.92 Å². The van der Waals surface area contributed by atoms with E-state index in [1.54, 1.807) is 0 Å². The number of hydrogen-bond acceptors (Lipinski definition) is 1. The first kappa shape index (κ1) is 13.2. The molecule has 0 aliphatic rings. The standard InChI is InChI=1S/C15H25N/c1-12-11-14(15(2,3)4)9-8-13(12)7-6-10-16-5/h8-9,11,16H,6-7,10H2,1-5H3. The smallest absolute Gasteiger partial charge is 0.00488 e. The summed E-state index contributed by atoms with van der Waals surface area (Å²) >= 11 is 0. The maximum absolute atomic E-state index is 3.19. The predicted molar refractivity (Wildman–Crippen MR) is 72.1 cm³/mol. The zero-order valence-electron chi connectivity index (χ0n) is 11.4. The molecule has 1 heteroatoms. The lowest BCUT2D eigenvalue weighted by atomic mass is 9.85. The minimum absolute atomic E-state index is 0.258. The lowest BCUT2D eigenvalue weighted by molar-refractivity contribution is 0.589. The van der Waals surface area contributed by atoms with Crippen LogP contribution in [0.5, 0.6) is 0 Å². The number of benzene rings is 1. The van der Waals surface area contributed by atoms with E-state index in [4.69, 9.17) is 0 Å². The van der Waals surface area contributed by atoms with Crippen LogP contribution in [0.2, 0.25) is 0 Å². The zero-order chi connectivity index (χ0) is 12.2. The first-order valence-electron chi connectivity index (χ1n) is 6.20. The Morgan fingerprint density at radius 2 is 1.88 bits per heavy atom. The molecule has 1 N–H and O–H groups in total. The van der Waals surface area contributed by atoms with Crippen LogP contribution in [0.25, 0.3) is 0 Å². The monoisotopic (exact) mass is 219 g/mol. The Hall–Kier alpha value is -0.820. The Morgan fingerprint density at radius 3 is 2.38 bits per heavy atom. The second-order valence-corrected chi connectivity index (χ2v) is 5.60. The average Bonchev–Trinajstić information content (AvgIpc) is 2.19. The third kappa shape index (κ3) is 3.64. The van der Waals surface area contributed by atoms with Crippen LogP contribution in [0.1, 0.15) is 43.9 Å². The first-order valence-corrected chi connectivity index (χ1v) is 6.20. The number of nitrogens with one attached hydrogen (secondary N) is 1. The van der Waals surface area contributed by atoms with Crippen molar-refractivity contribution >= 4 is 0 Å². The Kier molecular flexibility index (Phi) is 4.55. The molecule has 0 fully saturated rings. The van der Waals surface area contributed by atoms with Gasteiger partial charge in [-0.25, -0.2) is 0 Å². The lowest BCUT2D eigenvalue weighted by Gasteiger charge is -2.20. The summed E-state index contributed by atoms with van der Waals surface area (Å²) in [5, 5.41) is 3.19. The highest BCUT2D eigenvalue weighted by Crippen LogP contribution is 2.24. The highest BCUT2D eigenvalue weighted by Gasteiger charge is 2.14. The normalized spacial score (nSPS) is 11.8. The highest BCUT2D eigenvalue weighted by molar-refractivity contribution is 5.34. The van der Waals surface area contributed by atoms with Crippen molar-refractivity contribution in [3.8, 4) is 0 Å². The van der Waals surface area contributed by atoms with Crippen LogP contribution in [0.3, 0.4) is 0 Å². The predicted octanol–water partition coefficient (Wildman–Crippen LogP) is 3.44. The van der Waals surface area contributed by atoms with Crippen LogP contribution in [0.4, 0.5) is 0 Å². The SMILES string of the molecule is CNCCCc1ccc(C(C)(C)C)cc1C. The number of rotatable bonds is 4. The second-order valence-electron chi connectivity index (χ2n) is 5.60. The summed E-state index contributed by atoms with van der Waals surface area (Å²) in [6.45, 7) is 10.1. The quantitative estimate of drug-likeness (QED) is 0.765. The molecule has 1 aromatic rings. The summed E-state index contributed by atoms with van der Waals surface area (Å²) in [5.74, 6) is 0. The maximum Gasteiger partial charge on any atom is -0.00488 e. The van der Waals surface area contributed by atoms with E-state index in [0.717, 1.165) is 6.54 Å². The molecule has 0 bridgehead atoms. The summed E-state index contributed by atoms with van der Waals surface area (Å²) in [6.07, 6.45) is 2.39. The van der Waals surface area contributed by atoms with Crippen molar-refractivity contribution in [1.29, 1.82) is 0 Å². The van der Waals surface area contributed by atoms with Gasteiger partial charge in [-0.1, -0.05) is 39.0 Å². The number of hydrogen-bond donors (Lipinski definition) is 1. The van der Waals surface area contributed by atoms with Crippen molar-refractivity contribution < 1.29 is 0 Å². The zero-order valence-corrected chi connectivity index (χ0v) is 11.4. The average molecular weight is 219 g/mol. The van der Waals surface area contributed by atoms with E-state index in [1.165, 1.54) is 29.5 Å². The van der Waals surface area contributed by atoms with Crippen molar-refractivity contribution in [2.24, 2.45) is 0 Å².